The number of rotatable bonds is 10. The van der Waals surface area contributed by atoms with Crippen LogP contribution >= 0.6 is 23.8 Å². The Bertz CT molecular complexity index is 1040. The SMILES string of the molecule is CCCC(=O)Nc1ccc(Cl)c(NC(=S)NC(=O)C(C)(C)CCCOc2cc(C)ccc2C)c1. The molecular formula is C26H34ClN3O3S. The summed E-state index contributed by atoms with van der Waals surface area (Å²) in [5.41, 5.74) is 2.70. The number of anilines is 2. The molecule has 0 aliphatic rings. The largest absolute Gasteiger partial charge is 0.493 e. The summed E-state index contributed by atoms with van der Waals surface area (Å²) in [6.07, 6.45) is 2.55. The average molecular weight is 504 g/mol. The molecule has 3 N–H and O–H groups in total. The van der Waals surface area contributed by atoms with Gasteiger partial charge in [0, 0.05) is 17.5 Å². The van der Waals surface area contributed by atoms with E-state index < -0.39 is 5.41 Å². The minimum atomic E-state index is -0.642. The fraction of sp³-hybridized carbons (Fsp3) is 0.423. The number of amides is 2. The van der Waals surface area contributed by atoms with Gasteiger partial charge in [0.2, 0.25) is 11.8 Å². The van der Waals surface area contributed by atoms with Crippen LogP contribution in [-0.4, -0.2) is 23.5 Å². The third-order valence-electron chi connectivity index (χ3n) is 5.36. The van der Waals surface area contributed by atoms with Crippen molar-refractivity contribution in [1.82, 2.24) is 5.32 Å². The van der Waals surface area contributed by atoms with Gasteiger partial charge in [-0.05, 0) is 80.7 Å². The van der Waals surface area contributed by atoms with Crippen LogP contribution in [0, 0.1) is 19.3 Å². The summed E-state index contributed by atoms with van der Waals surface area (Å²) in [5.74, 6) is 0.604. The molecule has 34 heavy (non-hydrogen) atoms. The summed E-state index contributed by atoms with van der Waals surface area (Å²) in [7, 11) is 0. The van der Waals surface area contributed by atoms with Crippen molar-refractivity contribution in [2.45, 2.75) is 60.3 Å². The van der Waals surface area contributed by atoms with Crippen LogP contribution in [0.3, 0.4) is 0 Å². The summed E-state index contributed by atoms with van der Waals surface area (Å²) in [4.78, 5) is 24.7. The first-order valence-electron chi connectivity index (χ1n) is 11.4. The summed E-state index contributed by atoms with van der Waals surface area (Å²) in [5, 5.41) is 9.08. The van der Waals surface area contributed by atoms with Gasteiger partial charge < -0.3 is 20.7 Å². The number of carbonyl (C=O) groups is 2. The molecule has 0 unspecified atom stereocenters. The van der Waals surface area contributed by atoms with Crippen molar-refractivity contribution in [3.63, 3.8) is 0 Å². The van der Waals surface area contributed by atoms with Crippen LogP contribution in [-0.2, 0) is 9.59 Å². The van der Waals surface area contributed by atoms with Gasteiger partial charge >= 0.3 is 0 Å². The zero-order valence-electron chi connectivity index (χ0n) is 20.5. The summed E-state index contributed by atoms with van der Waals surface area (Å²) in [6, 6.07) is 11.2. The number of nitrogens with one attached hydrogen (secondary N) is 3. The van der Waals surface area contributed by atoms with E-state index >= 15 is 0 Å². The van der Waals surface area contributed by atoms with Crippen LogP contribution in [0.15, 0.2) is 36.4 Å². The number of halogens is 1. The van der Waals surface area contributed by atoms with Gasteiger partial charge in [-0.2, -0.15) is 0 Å². The number of hydrogen-bond donors (Lipinski definition) is 3. The lowest BCUT2D eigenvalue weighted by Gasteiger charge is -2.24. The summed E-state index contributed by atoms with van der Waals surface area (Å²) >= 11 is 11.6. The number of thiocarbonyl (C=S) groups is 1. The zero-order valence-corrected chi connectivity index (χ0v) is 22.1. The monoisotopic (exact) mass is 503 g/mol. The van der Waals surface area contributed by atoms with Gasteiger partial charge in [-0.15, -0.1) is 0 Å². The van der Waals surface area contributed by atoms with Crippen LogP contribution in [0.1, 0.15) is 57.6 Å². The van der Waals surface area contributed by atoms with E-state index in [1.54, 1.807) is 18.2 Å². The zero-order chi connectivity index (χ0) is 25.3. The van der Waals surface area contributed by atoms with Crippen molar-refractivity contribution in [3.8, 4) is 5.75 Å². The predicted molar refractivity (Wildman–Crippen MR) is 144 cm³/mol. The van der Waals surface area contributed by atoms with Gasteiger partial charge in [0.25, 0.3) is 0 Å². The molecule has 6 nitrogen and oxygen atoms in total. The van der Waals surface area contributed by atoms with Gasteiger partial charge in [0.15, 0.2) is 5.11 Å². The molecule has 0 atom stereocenters. The van der Waals surface area contributed by atoms with E-state index in [4.69, 9.17) is 28.6 Å². The van der Waals surface area contributed by atoms with Gasteiger partial charge in [0.1, 0.15) is 5.75 Å². The maximum absolute atomic E-state index is 12.8. The molecule has 0 spiro atoms. The first-order valence-corrected chi connectivity index (χ1v) is 12.2. The average Bonchev–Trinajstić information content (AvgIpc) is 2.76. The van der Waals surface area contributed by atoms with Crippen molar-refractivity contribution in [2.24, 2.45) is 5.41 Å². The quantitative estimate of drug-likeness (QED) is 0.258. The van der Waals surface area contributed by atoms with Gasteiger partial charge in [-0.3, -0.25) is 9.59 Å². The normalized spacial score (nSPS) is 11.0. The second-order valence-corrected chi connectivity index (χ2v) is 9.82. The Morgan fingerprint density at radius 3 is 2.53 bits per heavy atom. The number of hydrogen-bond acceptors (Lipinski definition) is 4. The number of benzene rings is 2. The molecule has 184 valence electrons. The molecule has 0 aliphatic heterocycles. The molecule has 0 radical (unpaired) electrons. The first-order chi connectivity index (χ1) is 16.0. The van der Waals surface area contributed by atoms with Crippen molar-refractivity contribution in [3.05, 3.63) is 52.5 Å². The standard InChI is InChI=1S/C26H34ClN3O3S/c1-6-8-23(31)28-19-11-12-20(27)21(16-19)29-25(34)30-24(32)26(4,5)13-7-14-33-22-15-17(2)9-10-18(22)3/h9-12,15-16H,6-8,13-14H2,1-5H3,(H,28,31)(H2,29,30,32,34). The lowest BCUT2D eigenvalue weighted by atomic mass is 9.87. The molecule has 0 aliphatic carbocycles. The number of carbonyl (C=O) groups excluding carboxylic acids is 2. The minimum absolute atomic E-state index is 0.0741. The fourth-order valence-corrected chi connectivity index (χ4v) is 3.62. The molecule has 0 saturated heterocycles. The smallest absolute Gasteiger partial charge is 0.231 e. The van der Waals surface area contributed by atoms with E-state index in [0.717, 1.165) is 29.7 Å². The molecule has 2 aromatic rings. The van der Waals surface area contributed by atoms with Crippen LogP contribution in [0.25, 0.3) is 0 Å². The molecule has 2 amide bonds. The van der Waals surface area contributed by atoms with Crippen molar-refractivity contribution >= 4 is 52.1 Å². The molecule has 2 rings (SSSR count). The maximum Gasteiger partial charge on any atom is 0.231 e. The van der Waals surface area contributed by atoms with Crippen molar-refractivity contribution < 1.29 is 14.3 Å². The molecular weight excluding hydrogens is 470 g/mol. The molecule has 8 heteroatoms. The highest BCUT2D eigenvalue weighted by Gasteiger charge is 2.28. The first kappa shape index (κ1) is 27.6. The molecule has 0 bridgehead atoms. The Morgan fingerprint density at radius 2 is 1.82 bits per heavy atom. The Balaban J connectivity index is 1.87. The van der Waals surface area contributed by atoms with Crippen molar-refractivity contribution in [2.75, 3.05) is 17.2 Å². The summed E-state index contributed by atoms with van der Waals surface area (Å²) in [6.45, 7) is 10.3. The Labute approximate surface area is 212 Å². The lowest BCUT2D eigenvalue weighted by Crippen LogP contribution is -2.42. The molecule has 0 aromatic heterocycles. The summed E-state index contributed by atoms with van der Waals surface area (Å²) < 4.78 is 5.91. The highest BCUT2D eigenvalue weighted by atomic mass is 35.5. The molecule has 0 heterocycles. The molecule has 2 aromatic carbocycles. The second-order valence-electron chi connectivity index (χ2n) is 9.01. The van der Waals surface area contributed by atoms with E-state index in [0.29, 0.717) is 35.8 Å². The van der Waals surface area contributed by atoms with Gasteiger partial charge in [-0.1, -0.05) is 44.5 Å². The van der Waals surface area contributed by atoms with Gasteiger partial charge in [0.05, 0.1) is 17.3 Å². The van der Waals surface area contributed by atoms with Crippen molar-refractivity contribution in [1.29, 1.82) is 0 Å². The van der Waals surface area contributed by atoms with E-state index in [-0.39, 0.29) is 16.9 Å². The highest BCUT2D eigenvalue weighted by Crippen LogP contribution is 2.27. The number of aryl methyl sites for hydroxylation is 2. The van der Waals surface area contributed by atoms with Crippen LogP contribution in [0.2, 0.25) is 5.02 Å². The fourth-order valence-electron chi connectivity index (χ4n) is 3.25. The second kappa shape index (κ2) is 12.7. The van der Waals surface area contributed by atoms with Crippen LogP contribution < -0.4 is 20.7 Å². The lowest BCUT2D eigenvalue weighted by molar-refractivity contribution is -0.128. The molecule has 0 fully saturated rings. The Hall–Kier alpha value is -2.64. The third kappa shape index (κ3) is 8.61. The third-order valence-corrected chi connectivity index (χ3v) is 5.90. The van der Waals surface area contributed by atoms with E-state index in [9.17, 15) is 9.59 Å². The van der Waals surface area contributed by atoms with Crippen LogP contribution in [0.5, 0.6) is 5.75 Å². The Morgan fingerprint density at radius 1 is 1.09 bits per heavy atom. The maximum atomic E-state index is 12.8. The predicted octanol–water partition coefficient (Wildman–Crippen LogP) is 6.39. The van der Waals surface area contributed by atoms with E-state index in [1.807, 2.05) is 46.8 Å². The van der Waals surface area contributed by atoms with Crippen LogP contribution in [0.4, 0.5) is 11.4 Å². The van der Waals surface area contributed by atoms with E-state index in [2.05, 4.69) is 22.0 Å². The highest BCUT2D eigenvalue weighted by molar-refractivity contribution is 7.80. The van der Waals surface area contributed by atoms with Gasteiger partial charge in [-0.25, -0.2) is 0 Å². The topological polar surface area (TPSA) is 79.5 Å². The Kier molecular flexibility index (Phi) is 10.3. The minimum Gasteiger partial charge on any atom is -0.493 e. The van der Waals surface area contributed by atoms with E-state index in [1.165, 1.54) is 0 Å². The molecule has 0 saturated carbocycles. The number of ether oxygens (including phenoxy) is 1.